The molecule has 0 aromatic heterocycles. The highest BCUT2D eigenvalue weighted by Crippen LogP contribution is 2.50. The molecule has 2 fully saturated rings. The standard InChI is InChI=1S/C24H35FO3S/c1-23(2,3)12-6-4-5-7-15-29(26,27)18-24(13-14-24)20-10-11-21(25)22(16-20)28-17-19-8-9-19/h4,6,10-11,16,19H,5,7-9,12-15,17-18H2,1-3H3/b6-4+. The summed E-state index contributed by atoms with van der Waals surface area (Å²) in [5.41, 5.74) is 0.808. The van der Waals surface area contributed by atoms with Crippen molar-refractivity contribution in [3.8, 4) is 5.75 Å². The summed E-state index contributed by atoms with van der Waals surface area (Å²) in [6, 6.07) is 4.89. The summed E-state index contributed by atoms with van der Waals surface area (Å²) in [7, 11) is -3.15. The Hall–Kier alpha value is -1.36. The van der Waals surface area contributed by atoms with Crippen LogP contribution >= 0.6 is 0 Å². The van der Waals surface area contributed by atoms with Crippen LogP contribution in [0.3, 0.4) is 0 Å². The molecule has 0 N–H and O–H groups in total. The molecule has 2 aliphatic rings. The highest BCUT2D eigenvalue weighted by molar-refractivity contribution is 7.91. The molecule has 2 saturated carbocycles. The molecule has 0 amide bonds. The third-order valence-electron chi connectivity index (χ3n) is 5.79. The fraction of sp³-hybridized carbons (Fsp3) is 0.667. The molecule has 162 valence electrons. The van der Waals surface area contributed by atoms with Crippen molar-refractivity contribution in [1.29, 1.82) is 0 Å². The highest BCUT2D eigenvalue weighted by atomic mass is 32.2. The van der Waals surface area contributed by atoms with Gasteiger partial charge in [-0.05, 0) is 74.0 Å². The molecule has 2 aliphatic carbocycles. The summed E-state index contributed by atoms with van der Waals surface area (Å²) in [5, 5.41) is 0. The average Bonchev–Trinajstić information content (AvgIpc) is 3.52. The van der Waals surface area contributed by atoms with Gasteiger partial charge in [-0.15, -0.1) is 0 Å². The van der Waals surface area contributed by atoms with E-state index in [2.05, 4.69) is 32.9 Å². The van der Waals surface area contributed by atoms with E-state index in [4.69, 9.17) is 4.74 Å². The molecule has 29 heavy (non-hydrogen) atoms. The second-order valence-electron chi connectivity index (χ2n) is 10.2. The van der Waals surface area contributed by atoms with E-state index in [1.165, 1.54) is 6.07 Å². The van der Waals surface area contributed by atoms with Gasteiger partial charge in [0.05, 0.1) is 18.1 Å². The molecule has 3 rings (SSSR count). The molecule has 0 spiro atoms. The van der Waals surface area contributed by atoms with Crippen molar-refractivity contribution < 1.29 is 17.5 Å². The van der Waals surface area contributed by atoms with Gasteiger partial charge in [0, 0.05) is 5.41 Å². The predicted octanol–water partition coefficient (Wildman–Crippen LogP) is 5.83. The smallest absolute Gasteiger partial charge is 0.165 e. The maximum Gasteiger partial charge on any atom is 0.165 e. The Labute approximate surface area is 175 Å². The SMILES string of the molecule is CC(C)(C)C/C=C/CCCS(=O)(=O)CC1(c2ccc(F)c(OCC3CC3)c2)CC1. The van der Waals surface area contributed by atoms with E-state index in [0.29, 0.717) is 18.9 Å². The van der Waals surface area contributed by atoms with E-state index in [-0.39, 0.29) is 33.9 Å². The zero-order valence-electron chi connectivity index (χ0n) is 18.0. The number of halogens is 1. The minimum Gasteiger partial charge on any atom is -0.490 e. The van der Waals surface area contributed by atoms with Crippen LogP contribution in [0.5, 0.6) is 5.75 Å². The van der Waals surface area contributed by atoms with Crippen LogP contribution < -0.4 is 4.74 Å². The van der Waals surface area contributed by atoms with E-state index >= 15 is 0 Å². The number of hydrogen-bond acceptors (Lipinski definition) is 3. The van der Waals surface area contributed by atoms with Gasteiger partial charge in [-0.2, -0.15) is 0 Å². The van der Waals surface area contributed by atoms with Gasteiger partial charge in [-0.3, -0.25) is 0 Å². The summed E-state index contributed by atoms with van der Waals surface area (Å²) >= 11 is 0. The first-order valence-corrected chi connectivity index (χ1v) is 12.7. The van der Waals surface area contributed by atoms with E-state index in [1.54, 1.807) is 12.1 Å². The molecule has 0 saturated heterocycles. The first kappa shape index (κ1) is 22.3. The zero-order chi connectivity index (χ0) is 21.1. The molecule has 5 heteroatoms. The van der Waals surface area contributed by atoms with Crippen LogP contribution in [0.1, 0.15) is 71.3 Å². The Morgan fingerprint density at radius 1 is 1.21 bits per heavy atom. The third-order valence-corrected chi connectivity index (χ3v) is 7.69. The lowest BCUT2D eigenvalue weighted by molar-refractivity contribution is 0.285. The van der Waals surface area contributed by atoms with Crippen LogP contribution in [0.4, 0.5) is 4.39 Å². The van der Waals surface area contributed by atoms with Gasteiger partial charge in [-0.25, -0.2) is 12.8 Å². The molecule has 0 heterocycles. The minimum atomic E-state index is -3.15. The van der Waals surface area contributed by atoms with Crippen molar-refractivity contribution in [3.63, 3.8) is 0 Å². The Morgan fingerprint density at radius 3 is 2.55 bits per heavy atom. The molecule has 0 radical (unpaired) electrons. The number of unbranched alkanes of at least 4 members (excludes halogenated alkanes) is 1. The second kappa shape index (κ2) is 8.79. The lowest BCUT2D eigenvalue weighted by atomic mass is 9.92. The summed E-state index contributed by atoms with van der Waals surface area (Å²) in [5.74, 6) is 0.809. The zero-order valence-corrected chi connectivity index (χ0v) is 18.9. The molecular weight excluding hydrogens is 387 g/mol. The topological polar surface area (TPSA) is 43.4 Å². The van der Waals surface area contributed by atoms with Crippen molar-refractivity contribution in [2.75, 3.05) is 18.1 Å². The Bertz CT molecular complexity index is 828. The quantitative estimate of drug-likeness (QED) is 0.333. The normalized spacial score (nSPS) is 18.9. The predicted molar refractivity (Wildman–Crippen MR) is 117 cm³/mol. The van der Waals surface area contributed by atoms with Crippen LogP contribution in [-0.2, 0) is 15.3 Å². The van der Waals surface area contributed by atoms with Gasteiger partial charge in [0.2, 0.25) is 0 Å². The number of benzene rings is 1. The van der Waals surface area contributed by atoms with Gasteiger partial charge in [0.1, 0.15) is 0 Å². The number of allylic oxidation sites excluding steroid dienone is 2. The van der Waals surface area contributed by atoms with Gasteiger partial charge in [0.25, 0.3) is 0 Å². The van der Waals surface area contributed by atoms with Crippen molar-refractivity contribution in [2.45, 2.75) is 71.1 Å². The molecule has 0 atom stereocenters. The van der Waals surface area contributed by atoms with E-state index in [0.717, 1.165) is 44.1 Å². The highest BCUT2D eigenvalue weighted by Gasteiger charge is 2.47. The third kappa shape index (κ3) is 7.13. The average molecular weight is 423 g/mol. The van der Waals surface area contributed by atoms with Crippen LogP contribution in [0.25, 0.3) is 0 Å². The molecule has 1 aromatic rings. The largest absolute Gasteiger partial charge is 0.490 e. The van der Waals surface area contributed by atoms with Crippen LogP contribution in [0.2, 0.25) is 0 Å². The van der Waals surface area contributed by atoms with Crippen molar-refractivity contribution in [2.24, 2.45) is 11.3 Å². The van der Waals surface area contributed by atoms with E-state index < -0.39 is 9.84 Å². The summed E-state index contributed by atoms with van der Waals surface area (Å²) in [6.45, 7) is 7.12. The lowest BCUT2D eigenvalue weighted by Gasteiger charge is -2.18. The Kier molecular flexibility index (Phi) is 6.77. The fourth-order valence-electron chi connectivity index (χ4n) is 3.57. The van der Waals surface area contributed by atoms with Crippen molar-refractivity contribution in [3.05, 3.63) is 41.7 Å². The summed E-state index contributed by atoms with van der Waals surface area (Å²) < 4.78 is 45.1. The van der Waals surface area contributed by atoms with Gasteiger partial charge >= 0.3 is 0 Å². The maximum atomic E-state index is 14.1. The van der Waals surface area contributed by atoms with E-state index in [9.17, 15) is 12.8 Å². The van der Waals surface area contributed by atoms with Crippen molar-refractivity contribution >= 4 is 9.84 Å². The summed E-state index contributed by atoms with van der Waals surface area (Å²) in [6.07, 6.45) is 10.7. The van der Waals surface area contributed by atoms with Crippen LogP contribution in [0.15, 0.2) is 30.4 Å². The molecule has 3 nitrogen and oxygen atoms in total. The molecule has 0 aliphatic heterocycles. The van der Waals surface area contributed by atoms with Gasteiger partial charge in [0.15, 0.2) is 21.4 Å². The van der Waals surface area contributed by atoms with Crippen molar-refractivity contribution in [1.82, 2.24) is 0 Å². The van der Waals surface area contributed by atoms with Crippen LogP contribution in [0, 0.1) is 17.2 Å². The fourth-order valence-corrected chi connectivity index (χ4v) is 5.62. The molecule has 1 aromatic carbocycles. The van der Waals surface area contributed by atoms with Crippen LogP contribution in [-0.4, -0.2) is 26.5 Å². The number of sulfone groups is 1. The molecular formula is C24H35FO3S. The summed E-state index contributed by atoms with van der Waals surface area (Å²) in [4.78, 5) is 0. The van der Waals surface area contributed by atoms with Gasteiger partial charge in [-0.1, -0.05) is 39.0 Å². The number of rotatable bonds is 11. The monoisotopic (exact) mass is 422 g/mol. The second-order valence-corrected chi connectivity index (χ2v) is 12.3. The molecule has 0 unspecified atom stereocenters. The Balaban J connectivity index is 1.54. The minimum absolute atomic E-state index is 0.152. The Morgan fingerprint density at radius 2 is 1.93 bits per heavy atom. The first-order valence-electron chi connectivity index (χ1n) is 10.9. The van der Waals surface area contributed by atoms with Gasteiger partial charge < -0.3 is 4.74 Å². The maximum absolute atomic E-state index is 14.1. The first-order chi connectivity index (χ1) is 13.6. The molecule has 0 bridgehead atoms. The lowest BCUT2D eigenvalue weighted by Crippen LogP contribution is -2.23. The number of ether oxygens (including phenoxy) is 1. The van der Waals surface area contributed by atoms with E-state index in [1.807, 2.05) is 0 Å². The number of hydrogen-bond donors (Lipinski definition) is 0.